The topological polar surface area (TPSA) is 160 Å². The fraction of sp³-hybridized carbons (Fsp3) is 0.688. The third kappa shape index (κ3) is 4.33. The Morgan fingerprint density at radius 1 is 1.24 bits per heavy atom. The van der Waals surface area contributed by atoms with Gasteiger partial charge in [0, 0.05) is 6.42 Å². The molecule has 1 saturated heterocycles. The van der Waals surface area contributed by atoms with Crippen LogP contribution in [0, 0.1) is 0 Å². The molecule has 29 heavy (non-hydrogen) atoms. The molecular formula is C16H24ClN4O7P. The lowest BCUT2D eigenvalue weighted by molar-refractivity contribution is -0.0631. The van der Waals surface area contributed by atoms with Gasteiger partial charge in [0.05, 0.1) is 18.0 Å². The second-order valence-electron chi connectivity index (χ2n) is 8.10. The van der Waals surface area contributed by atoms with Crippen LogP contribution >= 0.6 is 19.2 Å². The van der Waals surface area contributed by atoms with Gasteiger partial charge in [-0.05, 0) is 27.7 Å². The summed E-state index contributed by atoms with van der Waals surface area (Å²) in [6.45, 7) is 5.39. The number of rotatable bonds is 6. The maximum atomic E-state index is 12.3. The van der Waals surface area contributed by atoms with Crippen LogP contribution in [0.15, 0.2) is 12.7 Å². The number of aliphatic hydroxyl groups is 3. The summed E-state index contributed by atoms with van der Waals surface area (Å²) in [5, 5.41) is 29.0. The van der Waals surface area contributed by atoms with Crippen LogP contribution in [-0.2, 0) is 13.8 Å². The van der Waals surface area contributed by atoms with Crippen molar-refractivity contribution in [1.29, 1.82) is 0 Å². The molecule has 5 atom stereocenters. The second-order valence-corrected chi connectivity index (χ2v) is 10.8. The van der Waals surface area contributed by atoms with Crippen molar-refractivity contribution in [2.75, 3.05) is 0 Å². The van der Waals surface area contributed by atoms with Gasteiger partial charge in [-0.1, -0.05) is 11.6 Å². The summed E-state index contributed by atoms with van der Waals surface area (Å²) in [5.41, 5.74) is -0.621. The van der Waals surface area contributed by atoms with Crippen LogP contribution < -0.4 is 0 Å². The molecule has 1 aliphatic rings. The summed E-state index contributed by atoms with van der Waals surface area (Å²) in [7, 11) is -4.38. The summed E-state index contributed by atoms with van der Waals surface area (Å²) in [6, 6.07) is 0. The van der Waals surface area contributed by atoms with Gasteiger partial charge in [-0.2, -0.15) is 0 Å². The molecule has 0 saturated carbocycles. The van der Waals surface area contributed by atoms with Crippen LogP contribution in [0.4, 0.5) is 0 Å². The van der Waals surface area contributed by atoms with Gasteiger partial charge in [0.25, 0.3) is 0 Å². The standard InChI is InChI=1S/C16H24ClN4O7P/c1-15(2,28-29(25,26)16(3,4)24)5-8-10(22)11(23)14(27-8)21-7-20-9-12(17)18-6-19-13(9)21/h6-8,10-11,14,22-24H,5H2,1-4H3,(H,25,26). The molecule has 162 valence electrons. The Kier molecular flexibility index (Phi) is 5.83. The van der Waals surface area contributed by atoms with Gasteiger partial charge >= 0.3 is 7.60 Å². The van der Waals surface area contributed by atoms with Crippen molar-refractivity contribution in [3.63, 3.8) is 0 Å². The van der Waals surface area contributed by atoms with E-state index in [1.807, 2.05) is 0 Å². The lowest BCUT2D eigenvalue weighted by Gasteiger charge is -2.34. The molecule has 2 aromatic heterocycles. The minimum atomic E-state index is -4.38. The summed E-state index contributed by atoms with van der Waals surface area (Å²) in [5.74, 6) is 0. The number of aromatic nitrogens is 4. The van der Waals surface area contributed by atoms with E-state index in [0.717, 1.165) is 0 Å². The van der Waals surface area contributed by atoms with E-state index < -0.39 is 43.1 Å². The number of hydrogen-bond acceptors (Lipinski definition) is 9. The lowest BCUT2D eigenvalue weighted by Crippen LogP contribution is -2.38. The van der Waals surface area contributed by atoms with Crippen molar-refractivity contribution >= 4 is 30.4 Å². The summed E-state index contributed by atoms with van der Waals surface area (Å²) in [4.78, 5) is 22.1. The maximum absolute atomic E-state index is 12.3. The molecule has 11 nitrogen and oxygen atoms in total. The van der Waals surface area contributed by atoms with Crippen molar-refractivity contribution in [3.8, 4) is 0 Å². The Balaban J connectivity index is 1.80. The zero-order valence-corrected chi connectivity index (χ0v) is 17.9. The van der Waals surface area contributed by atoms with Crippen molar-refractivity contribution < 1.29 is 34.0 Å². The molecule has 0 spiro atoms. The van der Waals surface area contributed by atoms with E-state index in [9.17, 15) is 24.8 Å². The van der Waals surface area contributed by atoms with Crippen molar-refractivity contribution in [1.82, 2.24) is 19.5 Å². The smallest absolute Gasteiger partial charge is 0.359 e. The fourth-order valence-corrected chi connectivity index (χ4v) is 4.25. The molecule has 13 heteroatoms. The zero-order chi connectivity index (χ0) is 21.8. The van der Waals surface area contributed by atoms with Crippen LogP contribution in [0.1, 0.15) is 40.3 Å². The third-order valence-corrected chi connectivity index (χ3v) is 7.08. The van der Waals surface area contributed by atoms with Gasteiger partial charge in [-0.15, -0.1) is 0 Å². The van der Waals surface area contributed by atoms with Crippen LogP contribution in [0.5, 0.6) is 0 Å². The van der Waals surface area contributed by atoms with Gasteiger partial charge < -0.3 is 29.5 Å². The Hall–Kier alpha value is -1.17. The van der Waals surface area contributed by atoms with Crippen molar-refractivity contribution in [3.05, 3.63) is 17.8 Å². The molecule has 0 aromatic carbocycles. The molecule has 2 aromatic rings. The van der Waals surface area contributed by atoms with Gasteiger partial charge in [0.1, 0.15) is 24.1 Å². The Morgan fingerprint density at radius 3 is 2.52 bits per heavy atom. The Labute approximate surface area is 171 Å². The fourth-order valence-electron chi connectivity index (χ4n) is 3.11. The van der Waals surface area contributed by atoms with Crippen LogP contribution in [-0.4, -0.2) is 69.0 Å². The highest BCUT2D eigenvalue weighted by Crippen LogP contribution is 2.57. The van der Waals surface area contributed by atoms with Gasteiger partial charge in [0.15, 0.2) is 22.4 Å². The minimum absolute atomic E-state index is 0.0370. The van der Waals surface area contributed by atoms with E-state index in [4.69, 9.17) is 20.9 Å². The predicted octanol–water partition coefficient (Wildman–Crippen LogP) is 1.20. The van der Waals surface area contributed by atoms with E-state index in [1.54, 1.807) is 0 Å². The molecule has 4 N–H and O–H groups in total. The number of hydrogen-bond donors (Lipinski definition) is 4. The molecule has 1 fully saturated rings. The van der Waals surface area contributed by atoms with Crippen LogP contribution in [0.25, 0.3) is 11.2 Å². The molecule has 3 heterocycles. The molecule has 1 aliphatic heterocycles. The first-order chi connectivity index (χ1) is 13.2. The van der Waals surface area contributed by atoms with E-state index in [1.165, 1.54) is 44.9 Å². The molecule has 0 aliphatic carbocycles. The SMILES string of the molecule is CC(C)(CC1OC(n2cnc3c(Cl)ncnc32)C(O)C1O)OP(=O)(O)C(C)(C)O. The van der Waals surface area contributed by atoms with E-state index in [2.05, 4.69) is 15.0 Å². The maximum Gasteiger partial charge on any atom is 0.359 e. The Morgan fingerprint density at radius 2 is 1.90 bits per heavy atom. The van der Waals surface area contributed by atoms with Crippen LogP contribution in [0.3, 0.4) is 0 Å². The van der Waals surface area contributed by atoms with E-state index >= 15 is 0 Å². The lowest BCUT2D eigenvalue weighted by atomic mass is 9.97. The molecule has 3 rings (SSSR count). The highest BCUT2D eigenvalue weighted by molar-refractivity contribution is 7.54. The van der Waals surface area contributed by atoms with Crippen molar-refractivity contribution in [2.45, 2.75) is 69.6 Å². The second kappa shape index (κ2) is 7.51. The molecule has 0 amide bonds. The molecule has 5 unspecified atom stereocenters. The third-order valence-electron chi connectivity index (χ3n) is 4.68. The average Bonchev–Trinajstić information content (AvgIpc) is 3.10. The van der Waals surface area contributed by atoms with Gasteiger partial charge in [-0.3, -0.25) is 9.13 Å². The van der Waals surface area contributed by atoms with Gasteiger partial charge in [0.2, 0.25) is 0 Å². The highest BCUT2D eigenvalue weighted by atomic mass is 35.5. The molecule has 0 radical (unpaired) electrons. The number of nitrogens with zero attached hydrogens (tertiary/aromatic N) is 4. The number of aliphatic hydroxyl groups excluding tert-OH is 2. The van der Waals surface area contributed by atoms with E-state index in [0.29, 0.717) is 11.2 Å². The largest absolute Gasteiger partial charge is 0.388 e. The van der Waals surface area contributed by atoms with E-state index in [-0.39, 0.29) is 11.6 Å². The quantitative estimate of drug-likeness (QED) is 0.371. The van der Waals surface area contributed by atoms with Gasteiger partial charge in [-0.25, -0.2) is 15.0 Å². The first-order valence-corrected chi connectivity index (χ1v) is 10.8. The zero-order valence-electron chi connectivity index (χ0n) is 16.3. The molecular weight excluding hydrogens is 427 g/mol. The number of halogens is 1. The summed E-state index contributed by atoms with van der Waals surface area (Å²) in [6.07, 6.45) is -2.00. The average molecular weight is 451 g/mol. The number of ether oxygens (including phenoxy) is 1. The highest BCUT2D eigenvalue weighted by Gasteiger charge is 2.49. The number of imidazole rings is 1. The minimum Gasteiger partial charge on any atom is -0.388 e. The first-order valence-electron chi connectivity index (χ1n) is 8.84. The number of fused-ring (bicyclic) bond motifs is 1. The predicted molar refractivity (Wildman–Crippen MR) is 102 cm³/mol. The molecule has 0 bridgehead atoms. The first kappa shape index (κ1) is 22.5. The monoisotopic (exact) mass is 450 g/mol. The summed E-state index contributed by atoms with van der Waals surface area (Å²) >= 11 is 5.99. The summed E-state index contributed by atoms with van der Waals surface area (Å²) < 4.78 is 24.8. The van der Waals surface area contributed by atoms with Crippen LogP contribution in [0.2, 0.25) is 5.15 Å². The van der Waals surface area contributed by atoms with Crippen molar-refractivity contribution in [2.24, 2.45) is 0 Å². The normalized spacial score (nSPS) is 28.0. The Bertz CT molecular complexity index is 947.